The molecule has 8 heteroatoms. The molecule has 2 amide bonds. The third kappa shape index (κ3) is 3.50. The average Bonchev–Trinajstić information content (AvgIpc) is 3.16. The lowest BCUT2D eigenvalue weighted by atomic mass is 9.69. The molecule has 1 aliphatic heterocycles. The van der Waals surface area contributed by atoms with Gasteiger partial charge in [-0.15, -0.1) is 0 Å². The summed E-state index contributed by atoms with van der Waals surface area (Å²) in [5.74, 6) is 0.542. The van der Waals surface area contributed by atoms with Crippen LogP contribution in [0.15, 0.2) is 61.4 Å². The monoisotopic (exact) mass is 429 g/mol. The fraction of sp³-hybridized carbons (Fsp3) is 0.375. The number of rotatable bonds is 4. The molecule has 2 fully saturated rings. The van der Waals surface area contributed by atoms with Gasteiger partial charge in [0.1, 0.15) is 6.33 Å². The average molecular weight is 430 g/mol. The van der Waals surface area contributed by atoms with Gasteiger partial charge in [0.2, 0.25) is 0 Å². The van der Waals surface area contributed by atoms with Crippen molar-refractivity contribution in [2.24, 2.45) is 0 Å². The van der Waals surface area contributed by atoms with Crippen molar-refractivity contribution in [1.82, 2.24) is 30.2 Å². The first kappa shape index (κ1) is 20.5. The number of hydrogen-bond acceptors (Lipinski definition) is 6. The summed E-state index contributed by atoms with van der Waals surface area (Å²) in [7, 11) is 4.31. The molecule has 1 saturated carbocycles. The molecule has 2 aromatic heterocycles. The van der Waals surface area contributed by atoms with Crippen molar-refractivity contribution in [1.29, 1.82) is 0 Å². The number of benzene rings is 1. The number of hydrogen-bond donors (Lipinski definition) is 1. The SMILES string of the molecule is CN(C)[C@]1(c2ccccc2)CC[C@@]2(CC1)CN(c1cnc(-c3cncnc3)nc1)C(=O)N2. The maximum atomic E-state index is 12.9. The topological polar surface area (TPSA) is 87.1 Å². The number of carbonyl (C=O) groups excluding carboxylic acids is 1. The summed E-state index contributed by atoms with van der Waals surface area (Å²) >= 11 is 0. The fourth-order valence-corrected chi connectivity index (χ4v) is 5.11. The number of anilines is 1. The minimum absolute atomic E-state index is 0.00677. The van der Waals surface area contributed by atoms with E-state index in [0.29, 0.717) is 18.1 Å². The second-order valence-corrected chi connectivity index (χ2v) is 8.98. The van der Waals surface area contributed by atoms with Crippen molar-refractivity contribution in [3.8, 4) is 11.4 Å². The molecule has 2 aliphatic rings. The molecular weight excluding hydrogens is 402 g/mol. The number of amides is 2. The van der Waals surface area contributed by atoms with E-state index in [1.165, 1.54) is 11.9 Å². The predicted molar refractivity (Wildman–Crippen MR) is 122 cm³/mol. The van der Waals surface area contributed by atoms with Crippen LogP contribution in [0.5, 0.6) is 0 Å². The summed E-state index contributed by atoms with van der Waals surface area (Å²) < 4.78 is 0. The highest BCUT2D eigenvalue weighted by Crippen LogP contribution is 2.46. The molecule has 1 saturated heterocycles. The summed E-state index contributed by atoms with van der Waals surface area (Å²) in [5, 5.41) is 3.29. The molecule has 0 radical (unpaired) electrons. The molecule has 32 heavy (non-hydrogen) atoms. The van der Waals surface area contributed by atoms with Crippen LogP contribution in [-0.4, -0.2) is 57.0 Å². The van der Waals surface area contributed by atoms with Crippen molar-refractivity contribution >= 4 is 11.7 Å². The zero-order chi connectivity index (χ0) is 22.2. The van der Waals surface area contributed by atoms with Crippen LogP contribution in [0.25, 0.3) is 11.4 Å². The maximum absolute atomic E-state index is 12.9. The molecule has 0 bridgehead atoms. The number of aromatic nitrogens is 4. The number of nitrogens with one attached hydrogen (secondary N) is 1. The zero-order valence-electron chi connectivity index (χ0n) is 18.4. The molecule has 3 aromatic rings. The van der Waals surface area contributed by atoms with Gasteiger partial charge in [0.15, 0.2) is 5.82 Å². The van der Waals surface area contributed by atoms with Crippen LogP contribution in [-0.2, 0) is 5.54 Å². The highest BCUT2D eigenvalue weighted by atomic mass is 16.2. The Balaban J connectivity index is 1.33. The Labute approximate surface area is 187 Å². The first-order valence-electron chi connectivity index (χ1n) is 10.9. The Hall–Kier alpha value is -3.39. The zero-order valence-corrected chi connectivity index (χ0v) is 18.4. The first-order chi connectivity index (χ1) is 15.5. The lowest BCUT2D eigenvalue weighted by Crippen LogP contribution is -2.54. The molecule has 1 aliphatic carbocycles. The molecular formula is C24H27N7O. The highest BCUT2D eigenvalue weighted by Gasteiger charge is 2.50. The molecule has 1 aromatic carbocycles. The first-order valence-corrected chi connectivity index (χ1v) is 10.9. The molecule has 8 nitrogen and oxygen atoms in total. The predicted octanol–water partition coefficient (Wildman–Crippen LogP) is 3.23. The maximum Gasteiger partial charge on any atom is 0.322 e. The minimum atomic E-state index is -0.225. The molecule has 1 N–H and O–H groups in total. The number of carbonyl (C=O) groups is 1. The van der Waals surface area contributed by atoms with Crippen molar-refractivity contribution in [3.63, 3.8) is 0 Å². The van der Waals surface area contributed by atoms with Crippen LogP contribution >= 0.6 is 0 Å². The van der Waals surface area contributed by atoms with Gasteiger partial charge in [-0.1, -0.05) is 30.3 Å². The smallest absolute Gasteiger partial charge is 0.322 e. The molecule has 164 valence electrons. The van der Waals surface area contributed by atoms with Gasteiger partial charge in [-0.25, -0.2) is 24.7 Å². The van der Waals surface area contributed by atoms with Gasteiger partial charge in [0, 0.05) is 17.9 Å². The van der Waals surface area contributed by atoms with Gasteiger partial charge in [0.05, 0.1) is 35.7 Å². The summed E-state index contributed by atoms with van der Waals surface area (Å²) in [6.07, 6.45) is 12.0. The van der Waals surface area contributed by atoms with E-state index in [1.807, 2.05) is 0 Å². The van der Waals surface area contributed by atoms with Crippen molar-refractivity contribution in [2.75, 3.05) is 25.5 Å². The molecule has 1 spiro atoms. The van der Waals surface area contributed by atoms with E-state index in [2.05, 4.69) is 74.6 Å². The van der Waals surface area contributed by atoms with E-state index >= 15 is 0 Å². The van der Waals surface area contributed by atoms with E-state index in [1.54, 1.807) is 29.7 Å². The normalized spacial score (nSPS) is 25.3. The number of nitrogens with zero attached hydrogens (tertiary/aromatic N) is 6. The Kier molecular flexibility index (Phi) is 5.09. The standard InChI is InChI=1S/C24H27N7O/c1-30(2)24(19-6-4-3-5-7-19)10-8-23(9-11-24)16-31(22(32)29-23)20-14-27-21(28-15-20)18-12-25-17-26-13-18/h3-7,12-15,17H,8-11,16H2,1-2H3,(H,29,32)/t23-,24-. The van der Waals surface area contributed by atoms with Crippen LogP contribution in [0.2, 0.25) is 0 Å². The molecule has 5 rings (SSSR count). The Morgan fingerprint density at radius 1 is 0.938 bits per heavy atom. The van der Waals surface area contributed by atoms with Crippen LogP contribution in [0.3, 0.4) is 0 Å². The largest absolute Gasteiger partial charge is 0.330 e. The molecule has 0 atom stereocenters. The van der Waals surface area contributed by atoms with E-state index < -0.39 is 0 Å². The minimum Gasteiger partial charge on any atom is -0.330 e. The second-order valence-electron chi connectivity index (χ2n) is 8.98. The van der Waals surface area contributed by atoms with E-state index in [-0.39, 0.29) is 17.1 Å². The Bertz CT molecular complexity index is 1080. The van der Waals surface area contributed by atoms with E-state index in [4.69, 9.17) is 0 Å². The summed E-state index contributed by atoms with van der Waals surface area (Å²) in [6, 6.07) is 10.6. The van der Waals surface area contributed by atoms with Crippen LogP contribution in [0, 0.1) is 0 Å². The highest BCUT2D eigenvalue weighted by molar-refractivity contribution is 5.95. The van der Waals surface area contributed by atoms with Crippen LogP contribution in [0.4, 0.5) is 10.5 Å². The Morgan fingerprint density at radius 2 is 1.59 bits per heavy atom. The van der Waals surface area contributed by atoms with Gasteiger partial charge in [-0.05, 0) is 45.3 Å². The summed E-state index contributed by atoms with van der Waals surface area (Å²) in [5.41, 5.74) is 2.56. The second kappa shape index (κ2) is 7.94. The van der Waals surface area contributed by atoms with Gasteiger partial charge in [-0.2, -0.15) is 0 Å². The lowest BCUT2D eigenvalue weighted by molar-refractivity contribution is 0.0658. The van der Waals surface area contributed by atoms with Gasteiger partial charge in [-0.3, -0.25) is 9.80 Å². The van der Waals surface area contributed by atoms with Gasteiger partial charge >= 0.3 is 6.03 Å². The van der Waals surface area contributed by atoms with Crippen LogP contribution < -0.4 is 10.2 Å². The van der Waals surface area contributed by atoms with Crippen molar-refractivity contribution < 1.29 is 4.79 Å². The van der Waals surface area contributed by atoms with E-state index in [9.17, 15) is 4.79 Å². The quantitative estimate of drug-likeness (QED) is 0.685. The summed E-state index contributed by atoms with van der Waals surface area (Å²) in [4.78, 5) is 33.9. The van der Waals surface area contributed by atoms with Crippen molar-refractivity contribution in [3.05, 3.63) is 67.0 Å². The third-order valence-electron chi connectivity index (χ3n) is 7.05. The fourth-order valence-electron chi connectivity index (χ4n) is 5.11. The lowest BCUT2D eigenvalue weighted by Gasteiger charge is -2.48. The van der Waals surface area contributed by atoms with Gasteiger partial charge in [0.25, 0.3) is 0 Å². The third-order valence-corrected chi connectivity index (χ3v) is 7.05. The van der Waals surface area contributed by atoms with Crippen LogP contribution in [0.1, 0.15) is 31.2 Å². The molecule has 0 unspecified atom stereocenters. The van der Waals surface area contributed by atoms with Gasteiger partial charge < -0.3 is 5.32 Å². The Morgan fingerprint density at radius 3 is 2.22 bits per heavy atom. The van der Waals surface area contributed by atoms with E-state index in [0.717, 1.165) is 31.2 Å². The summed E-state index contributed by atoms with van der Waals surface area (Å²) in [6.45, 7) is 0.626. The van der Waals surface area contributed by atoms with Crippen molar-refractivity contribution in [2.45, 2.75) is 36.8 Å². The number of urea groups is 1. The molecule has 3 heterocycles.